The highest BCUT2D eigenvalue weighted by Crippen LogP contribution is 2.31. The molecule has 0 amide bonds. The summed E-state index contributed by atoms with van der Waals surface area (Å²) in [6.07, 6.45) is 8.31. The predicted molar refractivity (Wildman–Crippen MR) is 93.8 cm³/mol. The van der Waals surface area contributed by atoms with Crippen LogP contribution in [0.25, 0.3) is 0 Å². The van der Waals surface area contributed by atoms with Crippen LogP contribution in [0.3, 0.4) is 0 Å². The smallest absolute Gasteiger partial charge is 0.177 e. The first-order chi connectivity index (χ1) is 11.4. The summed E-state index contributed by atoms with van der Waals surface area (Å²) in [7, 11) is -3.36. The summed E-state index contributed by atoms with van der Waals surface area (Å²) in [6, 6.07) is 5.50. The number of rotatable bonds is 4. The molecule has 0 bridgehead atoms. The molecule has 1 saturated heterocycles. The lowest BCUT2D eigenvalue weighted by atomic mass is 9.94. The number of nitrogens with zero attached hydrogens (tertiary/aromatic N) is 3. The Morgan fingerprint density at radius 2 is 2.21 bits per heavy atom. The van der Waals surface area contributed by atoms with Crippen molar-refractivity contribution < 1.29 is 8.42 Å². The van der Waals surface area contributed by atoms with E-state index in [2.05, 4.69) is 20.9 Å². The first-order valence-corrected chi connectivity index (χ1v) is 10.2. The van der Waals surface area contributed by atoms with Crippen molar-refractivity contribution in [3.8, 4) is 0 Å². The third-order valence-corrected chi connectivity index (χ3v) is 5.60. The van der Waals surface area contributed by atoms with Crippen LogP contribution in [0.15, 0.2) is 41.7 Å². The average molecular weight is 366 g/mol. The third kappa shape index (κ3) is 4.12. The molecule has 2 aromatic heterocycles. The fourth-order valence-corrected chi connectivity index (χ4v) is 4.37. The van der Waals surface area contributed by atoms with Gasteiger partial charge < -0.3 is 0 Å². The maximum absolute atomic E-state index is 12.1. The van der Waals surface area contributed by atoms with Crippen molar-refractivity contribution >= 4 is 21.4 Å². The first-order valence-electron chi connectivity index (χ1n) is 7.90. The monoisotopic (exact) mass is 365 g/mol. The van der Waals surface area contributed by atoms with E-state index in [-0.39, 0.29) is 10.8 Å². The van der Waals surface area contributed by atoms with E-state index >= 15 is 0 Å². The average Bonchev–Trinajstić information content (AvgIpc) is 2.55. The number of sulfone groups is 1. The number of halogens is 1. The van der Waals surface area contributed by atoms with E-state index in [1.165, 1.54) is 18.5 Å². The number of hydrogen-bond donors (Lipinski definition) is 0. The quantitative estimate of drug-likeness (QED) is 0.833. The minimum absolute atomic E-state index is 0.0948. The number of hydrogen-bond acceptors (Lipinski definition) is 5. The van der Waals surface area contributed by atoms with Crippen LogP contribution in [-0.4, -0.2) is 42.6 Å². The molecule has 3 rings (SSSR count). The van der Waals surface area contributed by atoms with Gasteiger partial charge in [0.2, 0.25) is 0 Å². The Hall–Kier alpha value is -1.50. The lowest BCUT2D eigenvalue weighted by molar-refractivity contribution is 0.197. The summed E-state index contributed by atoms with van der Waals surface area (Å²) in [6.45, 7) is 2.59. The Morgan fingerprint density at radius 1 is 1.38 bits per heavy atom. The molecule has 1 atom stereocenters. The minimum atomic E-state index is -3.36. The Kier molecular flexibility index (Phi) is 5.18. The predicted octanol–water partition coefficient (Wildman–Crippen LogP) is 2.91. The van der Waals surface area contributed by atoms with Gasteiger partial charge in [-0.05, 0) is 37.1 Å². The molecular formula is C17H20ClN3O2S. The largest absolute Gasteiger partial charge is 0.298 e. The maximum atomic E-state index is 12.1. The van der Waals surface area contributed by atoms with Gasteiger partial charge in [-0.25, -0.2) is 8.42 Å². The normalized spacial score (nSPS) is 19.3. The van der Waals surface area contributed by atoms with Crippen molar-refractivity contribution in [2.45, 2.75) is 30.2 Å². The molecule has 24 heavy (non-hydrogen) atoms. The van der Waals surface area contributed by atoms with Crippen molar-refractivity contribution in [1.29, 1.82) is 0 Å². The maximum Gasteiger partial charge on any atom is 0.177 e. The van der Waals surface area contributed by atoms with E-state index in [1.807, 2.05) is 12.3 Å². The fraction of sp³-hybridized carbons (Fsp3) is 0.412. The molecule has 1 fully saturated rings. The van der Waals surface area contributed by atoms with Crippen LogP contribution in [0.4, 0.5) is 0 Å². The second-order valence-electron chi connectivity index (χ2n) is 6.24. The summed E-state index contributed by atoms with van der Waals surface area (Å²) < 4.78 is 24.2. The highest BCUT2D eigenvalue weighted by atomic mass is 35.5. The molecule has 0 aromatic carbocycles. The summed E-state index contributed by atoms with van der Waals surface area (Å²) >= 11 is 5.95. The van der Waals surface area contributed by atoms with Gasteiger partial charge in [0.25, 0.3) is 0 Å². The molecule has 7 heteroatoms. The van der Waals surface area contributed by atoms with Crippen molar-refractivity contribution in [3.05, 3.63) is 53.1 Å². The van der Waals surface area contributed by atoms with Gasteiger partial charge in [-0.2, -0.15) is 0 Å². The Labute approximate surface area is 147 Å². The van der Waals surface area contributed by atoms with Crippen LogP contribution in [-0.2, 0) is 16.4 Å². The van der Waals surface area contributed by atoms with Gasteiger partial charge in [0.15, 0.2) is 9.84 Å². The molecule has 0 radical (unpaired) electrons. The molecule has 5 nitrogen and oxygen atoms in total. The Bertz CT molecular complexity index is 812. The van der Waals surface area contributed by atoms with E-state index in [4.69, 9.17) is 11.6 Å². The van der Waals surface area contributed by atoms with Crippen molar-refractivity contribution in [2.75, 3.05) is 19.3 Å². The molecule has 0 unspecified atom stereocenters. The zero-order chi connectivity index (χ0) is 17.2. The SMILES string of the molecule is CS(=O)(=O)c1cc(Cl)cnc1[C@H]1CCCN(Cc2cccnc2)C1. The molecular weight excluding hydrogens is 346 g/mol. The fourth-order valence-electron chi connectivity index (χ4n) is 3.21. The van der Waals surface area contributed by atoms with Crippen LogP contribution < -0.4 is 0 Å². The topological polar surface area (TPSA) is 63.2 Å². The van der Waals surface area contributed by atoms with Gasteiger partial charge in [-0.15, -0.1) is 0 Å². The number of piperidine rings is 1. The minimum Gasteiger partial charge on any atom is -0.298 e. The van der Waals surface area contributed by atoms with Crippen LogP contribution in [0.2, 0.25) is 5.02 Å². The zero-order valence-corrected chi connectivity index (χ0v) is 15.1. The molecule has 0 spiro atoms. The van der Waals surface area contributed by atoms with Gasteiger partial charge in [0, 0.05) is 43.9 Å². The van der Waals surface area contributed by atoms with Crippen LogP contribution in [0.1, 0.15) is 30.0 Å². The molecule has 3 heterocycles. The lowest BCUT2D eigenvalue weighted by Crippen LogP contribution is -2.34. The molecule has 0 aliphatic carbocycles. The molecule has 1 aliphatic rings. The van der Waals surface area contributed by atoms with Gasteiger partial charge >= 0.3 is 0 Å². The zero-order valence-electron chi connectivity index (χ0n) is 13.5. The van der Waals surface area contributed by atoms with E-state index in [1.54, 1.807) is 6.20 Å². The van der Waals surface area contributed by atoms with E-state index in [9.17, 15) is 8.42 Å². The summed E-state index contributed by atoms with van der Waals surface area (Å²) in [5.41, 5.74) is 1.79. The van der Waals surface area contributed by atoms with E-state index < -0.39 is 9.84 Å². The summed E-state index contributed by atoms with van der Waals surface area (Å²) in [4.78, 5) is 11.1. The molecule has 0 saturated carbocycles. The first kappa shape index (κ1) is 17.3. The Morgan fingerprint density at radius 3 is 2.92 bits per heavy atom. The molecule has 0 N–H and O–H groups in total. The number of likely N-dealkylation sites (tertiary alicyclic amines) is 1. The van der Waals surface area contributed by atoms with Gasteiger partial charge in [0.05, 0.1) is 15.6 Å². The summed E-state index contributed by atoms with van der Waals surface area (Å²) in [5, 5.41) is 0.349. The van der Waals surface area contributed by atoms with E-state index in [0.29, 0.717) is 10.7 Å². The van der Waals surface area contributed by atoms with Crippen LogP contribution in [0.5, 0.6) is 0 Å². The second-order valence-corrected chi connectivity index (χ2v) is 8.67. The third-order valence-electron chi connectivity index (χ3n) is 4.27. The van der Waals surface area contributed by atoms with Crippen LogP contribution >= 0.6 is 11.6 Å². The number of aromatic nitrogens is 2. The molecule has 2 aromatic rings. The molecule has 128 valence electrons. The van der Waals surface area contributed by atoms with E-state index in [0.717, 1.165) is 38.0 Å². The number of pyridine rings is 2. The highest BCUT2D eigenvalue weighted by Gasteiger charge is 2.27. The van der Waals surface area contributed by atoms with Crippen molar-refractivity contribution in [2.24, 2.45) is 0 Å². The van der Waals surface area contributed by atoms with Crippen molar-refractivity contribution in [1.82, 2.24) is 14.9 Å². The van der Waals surface area contributed by atoms with Gasteiger partial charge in [-0.3, -0.25) is 14.9 Å². The van der Waals surface area contributed by atoms with Crippen molar-refractivity contribution in [3.63, 3.8) is 0 Å². The lowest BCUT2D eigenvalue weighted by Gasteiger charge is -2.33. The van der Waals surface area contributed by atoms with Crippen LogP contribution in [0, 0.1) is 0 Å². The standard InChI is InChI=1S/C17H20ClN3O2S/c1-24(22,23)16-8-15(18)10-20-17(16)14-5-3-7-21(12-14)11-13-4-2-6-19-9-13/h2,4,6,8-10,14H,3,5,7,11-12H2,1H3/t14-/m0/s1. The Balaban J connectivity index is 1.83. The summed E-state index contributed by atoms with van der Waals surface area (Å²) in [5.74, 6) is 0.0948. The van der Waals surface area contributed by atoms with Gasteiger partial charge in [0.1, 0.15) is 0 Å². The second kappa shape index (κ2) is 7.17. The highest BCUT2D eigenvalue weighted by molar-refractivity contribution is 7.90. The molecule has 1 aliphatic heterocycles. The van der Waals surface area contributed by atoms with Gasteiger partial charge in [-0.1, -0.05) is 17.7 Å².